The summed E-state index contributed by atoms with van der Waals surface area (Å²) in [5.41, 5.74) is -0.653. The predicted octanol–water partition coefficient (Wildman–Crippen LogP) is 1.29. The van der Waals surface area contributed by atoms with Crippen LogP contribution in [0.1, 0.15) is 48.0 Å². The second kappa shape index (κ2) is 9.75. The van der Waals surface area contributed by atoms with Crippen molar-refractivity contribution >= 4 is 17.9 Å². The number of nitrogens with zero attached hydrogens (tertiary/aromatic N) is 1. The summed E-state index contributed by atoms with van der Waals surface area (Å²) in [4.78, 5) is 38.8. The smallest absolute Gasteiger partial charge is 0.408 e. The molecule has 0 aromatic heterocycles. The van der Waals surface area contributed by atoms with E-state index < -0.39 is 23.8 Å². The van der Waals surface area contributed by atoms with Gasteiger partial charge in [-0.3, -0.25) is 9.59 Å². The van der Waals surface area contributed by atoms with Crippen molar-refractivity contribution in [1.82, 2.24) is 15.5 Å². The van der Waals surface area contributed by atoms with Gasteiger partial charge in [0.2, 0.25) is 11.8 Å². The van der Waals surface area contributed by atoms with Gasteiger partial charge in [0, 0.05) is 13.1 Å². The molecule has 1 rings (SSSR count). The molecule has 0 saturated carbocycles. The minimum absolute atomic E-state index is 0.104. The first-order chi connectivity index (χ1) is 12.0. The molecule has 1 fully saturated rings. The Bertz CT molecular complexity index is 498. The molecule has 0 spiro atoms. The second-order valence-electron chi connectivity index (χ2n) is 7.68. The standard InChI is InChI=1S/C18H33N3O5/c1-7-12(2)14(20-17(24)26-18(4,5)6)15(22)19-13(3)16(23)21-8-10-25-11-9-21/h12-14H,7-11H2,1-6H3,(H,19,22)(H,20,24). The molecule has 8 heteroatoms. The fourth-order valence-corrected chi connectivity index (χ4v) is 2.56. The van der Waals surface area contributed by atoms with Crippen molar-refractivity contribution in [2.75, 3.05) is 26.3 Å². The van der Waals surface area contributed by atoms with Gasteiger partial charge in [0.25, 0.3) is 0 Å². The lowest BCUT2D eigenvalue weighted by Gasteiger charge is -2.31. The zero-order valence-corrected chi connectivity index (χ0v) is 16.8. The van der Waals surface area contributed by atoms with E-state index in [0.29, 0.717) is 32.7 Å². The number of morpholine rings is 1. The molecule has 3 amide bonds. The van der Waals surface area contributed by atoms with Crippen molar-refractivity contribution in [2.24, 2.45) is 5.92 Å². The Morgan fingerprint density at radius 3 is 2.19 bits per heavy atom. The minimum Gasteiger partial charge on any atom is -0.444 e. The molecular weight excluding hydrogens is 338 g/mol. The van der Waals surface area contributed by atoms with Gasteiger partial charge >= 0.3 is 6.09 Å². The Kier molecular flexibility index (Phi) is 8.33. The number of hydrogen-bond acceptors (Lipinski definition) is 5. The highest BCUT2D eigenvalue weighted by atomic mass is 16.6. The summed E-state index contributed by atoms with van der Waals surface area (Å²) in [5.74, 6) is -0.644. The van der Waals surface area contributed by atoms with Gasteiger partial charge in [-0.1, -0.05) is 20.3 Å². The van der Waals surface area contributed by atoms with Gasteiger partial charge in [0.1, 0.15) is 17.7 Å². The number of carbonyl (C=O) groups is 3. The van der Waals surface area contributed by atoms with E-state index in [1.54, 1.807) is 32.6 Å². The maximum atomic E-state index is 12.7. The Hall–Kier alpha value is -1.83. The van der Waals surface area contributed by atoms with Crippen LogP contribution in [-0.4, -0.2) is 66.8 Å². The largest absolute Gasteiger partial charge is 0.444 e. The molecule has 0 bridgehead atoms. The van der Waals surface area contributed by atoms with E-state index in [4.69, 9.17) is 9.47 Å². The molecule has 0 aromatic carbocycles. The molecule has 1 aliphatic heterocycles. The van der Waals surface area contributed by atoms with Crippen LogP contribution in [0.4, 0.5) is 4.79 Å². The Morgan fingerprint density at radius 2 is 1.69 bits per heavy atom. The molecule has 26 heavy (non-hydrogen) atoms. The zero-order chi connectivity index (χ0) is 19.9. The third-order valence-electron chi connectivity index (χ3n) is 4.22. The summed E-state index contributed by atoms with van der Waals surface area (Å²) in [7, 11) is 0. The van der Waals surface area contributed by atoms with Gasteiger partial charge < -0.3 is 25.0 Å². The fraction of sp³-hybridized carbons (Fsp3) is 0.833. The molecule has 8 nitrogen and oxygen atoms in total. The van der Waals surface area contributed by atoms with Crippen LogP contribution in [0.15, 0.2) is 0 Å². The van der Waals surface area contributed by atoms with Crippen LogP contribution in [0.2, 0.25) is 0 Å². The van der Waals surface area contributed by atoms with Crippen LogP contribution in [0.5, 0.6) is 0 Å². The Balaban J connectivity index is 2.69. The first-order valence-corrected chi connectivity index (χ1v) is 9.21. The lowest BCUT2D eigenvalue weighted by Crippen LogP contribution is -2.56. The maximum absolute atomic E-state index is 12.7. The molecule has 2 N–H and O–H groups in total. The van der Waals surface area contributed by atoms with Crippen molar-refractivity contribution in [3.63, 3.8) is 0 Å². The van der Waals surface area contributed by atoms with E-state index in [2.05, 4.69) is 10.6 Å². The molecule has 1 saturated heterocycles. The number of hydrogen-bond donors (Lipinski definition) is 2. The van der Waals surface area contributed by atoms with E-state index in [-0.39, 0.29) is 17.7 Å². The molecule has 0 aromatic rings. The van der Waals surface area contributed by atoms with Crippen molar-refractivity contribution < 1.29 is 23.9 Å². The van der Waals surface area contributed by atoms with E-state index >= 15 is 0 Å². The summed E-state index contributed by atoms with van der Waals surface area (Å²) in [6.45, 7) is 12.8. The molecule has 3 unspecified atom stereocenters. The van der Waals surface area contributed by atoms with Gasteiger partial charge in [-0.05, 0) is 33.6 Å². The summed E-state index contributed by atoms with van der Waals surface area (Å²) < 4.78 is 10.5. The van der Waals surface area contributed by atoms with Crippen LogP contribution in [0.3, 0.4) is 0 Å². The van der Waals surface area contributed by atoms with E-state index in [1.165, 1.54) is 0 Å². The van der Waals surface area contributed by atoms with Crippen LogP contribution >= 0.6 is 0 Å². The van der Waals surface area contributed by atoms with Crippen molar-refractivity contribution in [2.45, 2.75) is 65.6 Å². The normalized spacial score (nSPS) is 18.5. The van der Waals surface area contributed by atoms with Crippen molar-refractivity contribution in [3.8, 4) is 0 Å². The van der Waals surface area contributed by atoms with Gasteiger partial charge in [-0.25, -0.2) is 4.79 Å². The van der Waals surface area contributed by atoms with Gasteiger partial charge in [-0.15, -0.1) is 0 Å². The summed E-state index contributed by atoms with van der Waals surface area (Å²) >= 11 is 0. The third-order valence-corrected chi connectivity index (χ3v) is 4.22. The average molecular weight is 371 g/mol. The second-order valence-corrected chi connectivity index (χ2v) is 7.68. The van der Waals surface area contributed by atoms with Crippen molar-refractivity contribution in [3.05, 3.63) is 0 Å². The van der Waals surface area contributed by atoms with Gasteiger partial charge in [-0.2, -0.15) is 0 Å². The summed E-state index contributed by atoms with van der Waals surface area (Å²) in [6.07, 6.45) is 0.0461. The molecular formula is C18H33N3O5. The minimum atomic E-state index is -0.769. The molecule has 150 valence electrons. The predicted molar refractivity (Wildman–Crippen MR) is 97.6 cm³/mol. The summed E-state index contributed by atoms with van der Waals surface area (Å²) in [5, 5.41) is 5.35. The first kappa shape index (κ1) is 22.2. The zero-order valence-electron chi connectivity index (χ0n) is 16.8. The molecule has 3 atom stereocenters. The SMILES string of the molecule is CCC(C)C(NC(=O)OC(C)(C)C)C(=O)NC(C)C(=O)N1CCOCC1. The van der Waals surface area contributed by atoms with E-state index in [1.807, 2.05) is 13.8 Å². The quantitative estimate of drug-likeness (QED) is 0.733. The highest BCUT2D eigenvalue weighted by molar-refractivity contribution is 5.91. The number of rotatable bonds is 6. The van der Waals surface area contributed by atoms with Crippen LogP contribution < -0.4 is 10.6 Å². The average Bonchev–Trinajstić information content (AvgIpc) is 2.57. The lowest BCUT2D eigenvalue weighted by molar-refractivity contribution is -0.140. The van der Waals surface area contributed by atoms with Gasteiger partial charge in [0.15, 0.2) is 0 Å². The maximum Gasteiger partial charge on any atom is 0.408 e. The monoisotopic (exact) mass is 371 g/mol. The molecule has 0 radical (unpaired) electrons. The lowest BCUT2D eigenvalue weighted by atomic mass is 9.98. The third kappa shape index (κ3) is 7.19. The van der Waals surface area contributed by atoms with Crippen LogP contribution in [0.25, 0.3) is 0 Å². The molecule has 1 aliphatic rings. The molecule has 1 heterocycles. The topological polar surface area (TPSA) is 97.0 Å². The number of amides is 3. The van der Waals surface area contributed by atoms with Gasteiger partial charge in [0.05, 0.1) is 13.2 Å². The first-order valence-electron chi connectivity index (χ1n) is 9.21. The highest BCUT2D eigenvalue weighted by Gasteiger charge is 2.31. The number of ether oxygens (including phenoxy) is 2. The van der Waals surface area contributed by atoms with Crippen LogP contribution in [0, 0.1) is 5.92 Å². The van der Waals surface area contributed by atoms with Crippen LogP contribution in [-0.2, 0) is 19.1 Å². The Labute approximate surface area is 156 Å². The fourth-order valence-electron chi connectivity index (χ4n) is 2.56. The number of nitrogens with one attached hydrogen (secondary N) is 2. The van der Waals surface area contributed by atoms with E-state index in [0.717, 1.165) is 0 Å². The molecule has 0 aliphatic carbocycles. The number of carbonyl (C=O) groups excluding carboxylic acids is 3. The van der Waals surface area contributed by atoms with Crippen molar-refractivity contribution in [1.29, 1.82) is 0 Å². The van der Waals surface area contributed by atoms with E-state index in [9.17, 15) is 14.4 Å². The summed E-state index contributed by atoms with van der Waals surface area (Å²) in [6, 6.07) is -1.44. The Morgan fingerprint density at radius 1 is 1.12 bits per heavy atom. The number of alkyl carbamates (subject to hydrolysis) is 1. The highest BCUT2D eigenvalue weighted by Crippen LogP contribution is 2.12.